The summed E-state index contributed by atoms with van der Waals surface area (Å²) < 4.78 is 8.01. The van der Waals surface area contributed by atoms with Gasteiger partial charge < -0.3 is 9.30 Å². The normalized spacial score (nSPS) is 34.2. The van der Waals surface area contributed by atoms with Crippen molar-refractivity contribution in [1.82, 2.24) is 9.47 Å². The molecule has 1 aromatic heterocycles. The van der Waals surface area contributed by atoms with Crippen LogP contribution in [0.15, 0.2) is 18.2 Å². The van der Waals surface area contributed by atoms with E-state index in [1.807, 2.05) is 0 Å². The summed E-state index contributed by atoms with van der Waals surface area (Å²) in [5.41, 5.74) is 4.61. The van der Waals surface area contributed by atoms with Crippen molar-refractivity contribution in [2.45, 2.75) is 44.6 Å². The summed E-state index contributed by atoms with van der Waals surface area (Å²) in [4.78, 5) is 2.84. The topological polar surface area (TPSA) is 17.4 Å². The number of fused-ring (bicyclic) bond motifs is 4. The van der Waals surface area contributed by atoms with Crippen LogP contribution < -0.4 is 4.74 Å². The maximum absolute atomic E-state index is 5.50. The Morgan fingerprint density at radius 2 is 2.12 bits per heavy atom. The second kappa shape index (κ2) is 5.26. The highest BCUT2D eigenvalue weighted by atomic mass is 16.5. The fraction of sp³-hybridized carbons (Fsp3) is 0.619. The van der Waals surface area contributed by atoms with Crippen LogP contribution in [0.1, 0.15) is 43.4 Å². The number of ether oxygens (including phenoxy) is 1. The number of piperidine rings is 2. The Labute approximate surface area is 144 Å². The molecule has 1 aromatic carbocycles. The predicted octanol–water partition coefficient (Wildman–Crippen LogP) is 3.95. The highest BCUT2D eigenvalue weighted by Crippen LogP contribution is 2.51. The first-order valence-electron chi connectivity index (χ1n) is 9.60. The van der Waals surface area contributed by atoms with Crippen LogP contribution in [0.2, 0.25) is 0 Å². The fourth-order valence-corrected chi connectivity index (χ4v) is 6.21. The van der Waals surface area contributed by atoms with Crippen molar-refractivity contribution in [3.8, 4) is 5.75 Å². The molecule has 1 aliphatic carbocycles. The van der Waals surface area contributed by atoms with Crippen LogP contribution in [0.25, 0.3) is 10.9 Å². The van der Waals surface area contributed by atoms with Crippen LogP contribution >= 0.6 is 0 Å². The van der Waals surface area contributed by atoms with Gasteiger partial charge in [0, 0.05) is 48.7 Å². The molecule has 4 aliphatic rings. The Balaban J connectivity index is 1.71. The number of aryl methyl sites for hydroxylation is 1. The summed E-state index contributed by atoms with van der Waals surface area (Å²) in [6, 6.07) is 7.38. The Kier molecular flexibility index (Phi) is 3.25. The number of rotatable bonds is 2. The lowest BCUT2D eigenvalue weighted by Crippen LogP contribution is -2.56. The van der Waals surface area contributed by atoms with Gasteiger partial charge in [0.05, 0.1) is 7.11 Å². The van der Waals surface area contributed by atoms with E-state index in [1.165, 1.54) is 49.7 Å². The first-order chi connectivity index (χ1) is 11.7. The minimum Gasteiger partial charge on any atom is -0.497 e. The molecule has 24 heavy (non-hydrogen) atoms. The van der Waals surface area contributed by atoms with E-state index in [1.54, 1.807) is 18.4 Å². The Morgan fingerprint density at radius 3 is 2.92 bits per heavy atom. The van der Waals surface area contributed by atoms with E-state index in [2.05, 4.69) is 41.6 Å². The second-order valence-electron chi connectivity index (χ2n) is 8.15. The standard InChI is InChI=1S/C21H28N2O/c1-4-14-9-13-10-18-20(14)23(12-13)8-7-16-17-11-15(24-3)5-6-19(17)22(2)21(16)18/h5-6,11,13-14,18,20H,4,7-10,12H2,1-3H3. The molecule has 3 heteroatoms. The van der Waals surface area contributed by atoms with E-state index in [-0.39, 0.29) is 0 Å². The van der Waals surface area contributed by atoms with Crippen molar-refractivity contribution in [1.29, 1.82) is 0 Å². The Hall–Kier alpha value is -1.48. The van der Waals surface area contributed by atoms with E-state index >= 15 is 0 Å². The molecule has 6 rings (SSSR count). The summed E-state index contributed by atoms with van der Waals surface area (Å²) in [7, 11) is 4.05. The summed E-state index contributed by atoms with van der Waals surface area (Å²) in [5, 5.41) is 1.42. The number of hydrogen-bond donors (Lipinski definition) is 0. The number of aromatic nitrogens is 1. The van der Waals surface area contributed by atoms with Crippen LogP contribution in [0.5, 0.6) is 5.75 Å². The second-order valence-corrected chi connectivity index (χ2v) is 8.15. The first-order valence-corrected chi connectivity index (χ1v) is 9.60. The monoisotopic (exact) mass is 324 g/mol. The van der Waals surface area contributed by atoms with Crippen molar-refractivity contribution in [3.63, 3.8) is 0 Å². The third-order valence-corrected chi connectivity index (χ3v) is 7.12. The van der Waals surface area contributed by atoms with Crippen LogP contribution in [-0.4, -0.2) is 35.7 Å². The molecule has 128 valence electrons. The zero-order valence-corrected chi connectivity index (χ0v) is 15.1. The molecule has 5 atom stereocenters. The first kappa shape index (κ1) is 14.8. The predicted molar refractivity (Wildman–Crippen MR) is 97.8 cm³/mol. The third kappa shape index (κ3) is 1.88. The highest BCUT2D eigenvalue weighted by Gasteiger charge is 2.49. The van der Waals surface area contributed by atoms with E-state index in [9.17, 15) is 0 Å². The summed E-state index contributed by atoms with van der Waals surface area (Å²) >= 11 is 0. The van der Waals surface area contributed by atoms with Gasteiger partial charge in [-0.05, 0) is 54.9 Å². The maximum atomic E-state index is 5.50. The number of nitrogens with zero attached hydrogens (tertiary/aromatic N) is 2. The molecule has 2 saturated heterocycles. The van der Waals surface area contributed by atoms with Crippen molar-refractivity contribution in [3.05, 3.63) is 29.5 Å². The lowest BCUT2D eigenvalue weighted by molar-refractivity contribution is -0.0140. The van der Waals surface area contributed by atoms with Crippen LogP contribution in [0, 0.1) is 11.8 Å². The number of benzene rings is 1. The van der Waals surface area contributed by atoms with Gasteiger partial charge in [0.2, 0.25) is 0 Å². The molecule has 4 bridgehead atoms. The summed E-state index contributed by atoms with van der Waals surface area (Å²) in [6.07, 6.45) is 5.38. The average Bonchev–Trinajstić information content (AvgIpc) is 2.83. The summed E-state index contributed by atoms with van der Waals surface area (Å²) in [6.45, 7) is 4.97. The van der Waals surface area contributed by atoms with E-state index < -0.39 is 0 Å². The fourth-order valence-electron chi connectivity index (χ4n) is 6.21. The molecule has 0 spiro atoms. The zero-order chi connectivity index (χ0) is 16.4. The number of methoxy groups -OCH3 is 1. The van der Waals surface area contributed by atoms with E-state index in [0.29, 0.717) is 0 Å². The molecule has 0 N–H and O–H groups in total. The SMILES string of the molecule is CCC1CC2CC3c4c(c5cc(OC)ccc5n4C)CCN(C2)C13. The minimum absolute atomic E-state index is 0.725. The van der Waals surface area contributed by atoms with Gasteiger partial charge in [-0.2, -0.15) is 0 Å². The maximum Gasteiger partial charge on any atom is 0.119 e. The zero-order valence-electron chi connectivity index (χ0n) is 15.1. The molecule has 1 saturated carbocycles. The summed E-state index contributed by atoms with van der Waals surface area (Å²) in [5.74, 6) is 3.50. The molecular formula is C21H28N2O. The lowest BCUT2D eigenvalue weighted by Gasteiger charge is -2.53. The van der Waals surface area contributed by atoms with Gasteiger partial charge in [-0.3, -0.25) is 4.90 Å². The molecule has 3 nitrogen and oxygen atoms in total. The molecule has 0 amide bonds. The lowest BCUT2D eigenvalue weighted by atomic mass is 9.65. The van der Waals surface area contributed by atoms with Gasteiger partial charge in [0.15, 0.2) is 0 Å². The minimum atomic E-state index is 0.725. The Bertz CT molecular complexity index is 793. The Morgan fingerprint density at radius 1 is 1.25 bits per heavy atom. The highest BCUT2D eigenvalue weighted by molar-refractivity contribution is 5.87. The van der Waals surface area contributed by atoms with Gasteiger partial charge in [-0.1, -0.05) is 13.3 Å². The van der Waals surface area contributed by atoms with Gasteiger partial charge in [-0.25, -0.2) is 0 Å². The number of hydrogen-bond acceptors (Lipinski definition) is 2. The molecule has 2 aromatic rings. The van der Waals surface area contributed by atoms with Gasteiger partial charge in [0.1, 0.15) is 5.75 Å². The molecule has 3 fully saturated rings. The largest absolute Gasteiger partial charge is 0.497 e. The molecular weight excluding hydrogens is 296 g/mol. The van der Waals surface area contributed by atoms with Gasteiger partial charge in [0.25, 0.3) is 0 Å². The third-order valence-electron chi connectivity index (χ3n) is 7.12. The van der Waals surface area contributed by atoms with Crippen LogP contribution in [-0.2, 0) is 13.5 Å². The van der Waals surface area contributed by atoms with Gasteiger partial charge in [-0.15, -0.1) is 0 Å². The molecule has 5 unspecified atom stereocenters. The van der Waals surface area contributed by atoms with E-state index in [0.717, 1.165) is 29.5 Å². The van der Waals surface area contributed by atoms with Crippen LogP contribution in [0.4, 0.5) is 0 Å². The smallest absolute Gasteiger partial charge is 0.119 e. The van der Waals surface area contributed by atoms with Crippen molar-refractivity contribution < 1.29 is 4.74 Å². The molecule has 0 radical (unpaired) electrons. The quantitative estimate of drug-likeness (QED) is 0.832. The van der Waals surface area contributed by atoms with Crippen molar-refractivity contribution in [2.75, 3.05) is 20.2 Å². The molecule has 3 aliphatic heterocycles. The average molecular weight is 324 g/mol. The van der Waals surface area contributed by atoms with Crippen molar-refractivity contribution in [2.24, 2.45) is 18.9 Å². The van der Waals surface area contributed by atoms with Crippen LogP contribution in [0.3, 0.4) is 0 Å². The van der Waals surface area contributed by atoms with Crippen molar-refractivity contribution >= 4 is 10.9 Å². The molecule has 4 heterocycles. The van der Waals surface area contributed by atoms with Gasteiger partial charge >= 0.3 is 0 Å². The van der Waals surface area contributed by atoms with E-state index in [4.69, 9.17) is 4.74 Å².